The molecule has 3 atom stereocenters. The summed E-state index contributed by atoms with van der Waals surface area (Å²) in [4.78, 5) is 26.7. The van der Waals surface area contributed by atoms with E-state index in [1.54, 1.807) is 4.90 Å². The Morgan fingerprint density at radius 3 is 2.55 bits per heavy atom. The van der Waals surface area contributed by atoms with Crippen LogP contribution >= 0.6 is 0 Å². The Morgan fingerprint density at radius 1 is 1.35 bits per heavy atom. The summed E-state index contributed by atoms with van der Waals surface area (Å²) in [5.74, 6) is -0.00975. The van der Waals surface area contributed by atoms with Gasteiger partial charge in [-0.1, -0.05) is 27.7 Å². The lowest BCUT2D eigenvalue weighted by molar-refractivity contribution is -0.154. The van der Waals surface area contributed by atoms with Gasteiger partial charge in [0.1, 0.15) is 12.1 Å². The van der Waals surface area contributed by atoms with E-state index in [4.69, 9.17) is 4.74 Å². The first-order valence-corrected chi connectivity index (χ1v) is 7.57. The van der Waals surface area contributed by atoms with Gasteiger partial charge in [-0.3, -0.25) is 9.59 Å². The lowest BCUT2D eigenvalue weighted by Crippen LogP contribution is -2.67. The molecule has 2 aliphatic heterocycles. The molecule has 2 amide bonds. The highest BCUT2D eigenvalue weighted by molar-refractivity contribution is 5.97. The van der Waals surface area contributed by atoms with E-state index in [-0.39, 0.29) is 29.4 Å². The summed E-state index contributed by atoms with van der Waals surface area (Å²) in [5, 5.41) is 2.89. The van der Waals surface area contributed by atoms with Crippen LogP contribution in [0.3, 0.4) is 0 Å². The summed E-state index contributed by atoms with van der Waals surface area (Å²) in [6.45, 7) is 9.18. The van der Waals surface area contributed by atoms with Crippen LogP contribution in [-0.4, -0.2) is 48.1 Å². The van der Waals surface area contributed by atoms with Gasteiger partial charge < -0.3 is 15.0 Å². The normalized spacial score (nSPS) is 31.6. The number of hydrogen-bond acceptors (Lipinski definition) is 3. The Bertz CT molecular complexity index is 383. The highest BCUT2D eigenvalue weighted by atomic mass is 16.5. The minimum absolute atomic E-state index is 0.0273. The van der Waals surface area contributed by atoms with Crippen LogP contribution in [0.5, 0.6) is 0 Å². The number of rotatable bonds is 3. The highest BCUT2D eigenvalue weighted by Gasteiger charge is 2.45. The van der Waals surface area contributed by atoms with E-state index in [2.05, 4.69) is 5.32 Å². The Balaban J connectivity index is 2.18. The topological polar surface area (TPSA) is 58.6 Å². The van der Waals surface area contributed by atoms with Crippen molar-refractivity contribution in [2.45, 2.75) is 65.1 Å². The maximum absolute atomic E-state index is 12.7. The molecule has 5 heteroatoms. The number of ether oxygens (including phenoxy) is 1. The van der Waals surface area contributed by atoms with Gasteiger partial charge in [0.15, 0.2) is 0 Å². The zero-order valence-electron chi connectivity index (χ0n) is 12.9. The third kappa shape index (κ3) is 2.97. The smallest absolute Gasteiger partial charge is 0.246 e. The van der Waals surface area contributed by atoms with Gasteiger partial charge in [0, 0.05) is 13.2 Å². The summed E-state index contributed by atoms with van der Waals surface area (Å²) in [6.07, 6.45) is 2.74. The third-order valence-electron chi connectivity index (χ3n) is 4.17. The minimum atomic E-state index is -0.445. The van der Waals surface area contributed by atoms with Crippen LogP contribution in [0.25, 0.3) is 0 Å². The second-order valence-corrected chi connectivity index (χ2v) is 6.86. The number of carbonyl (C=O) groups is 2. The van der Waals surface area contributed by atoms with Crippen LogP contribution in [0.15, 0.2) is 0 Å². The second-order valence-electron chi connectivity index (χ2n) is 6.86. The lowest BCUT2D eigenvalue weighted by Gasteiger charge is -2.43. The molecular weight excluding hydrogens is 256 g/mol. The number of amides is 2. The zero-order chi connectivity index (χ0) is 14.9. The number of carbonyl (C=O) groups excluding carboxylic acids is 2. The molecule has 1 N–H and O–H groups in total. The maximum atomic E-state index is 12.7. The minimum Gasteiger partial charge on any atom is -0.376 e. The van der Waals surface area contributed by atoms with Crippen LogP contribution < -0.4 is 5.32 Å². The molecule has 2 saturated heterocycles. The summed E-state index contributed by atoms with van der Waals surface area (Å²) >= 11 is 0. The summed E-state index contributed by atoms with van der Waals surface area (Å²) in [5.41, 5.74) is -0.278. The van der Waals surface area contributed by atoms with Crippen molar-refractivity contribution in [2.24, 2.45) is 5.41 Å². The van der Waals surface area contributed by atoms with Crippen molar-refractivity contribution in [1.82, 2.24) is 10.2 Å². The molecule has 5 nitrogen and oxygen atoms in total. The van der Waals surface area contributed by atoms with Crippen LogP contribution in [0.4, 0.5) is 0 Å². The first kappa shape index (κ1) is 15.3. The lowest BCUT2D eigenvalue weighted by atomic mass is 9.83. The molecule has 2 rings (SSSR count). The SMILES string of the molecule is CCC1C(=O)NC(C(C)(C)C)C(=O)N1CC1CCCO1. The van der Waals surface area contributed by atoms with Crippen molar-refractivity contribution in [1.29, 1.82) is 0 Å². The van der Waals surface area contributed by atoms with Gasteiger partial charge >= 0.3 is 0 Å². The van der Waals surface area contributed by atoms with Gasteiger partial charge in [-0.05, 0) is 24.7 Å². The van der Waals surface area contributed by atoms with E-state index in [0.717, 1.165) is 19.4 Å². The molecule has 0 aromatic carbocycles. The maximum Gasteiger partial charge on any atom is 0.246 e. The Morgan fingerprint density at radius 2 is 2.05 bits per heavy atom. The van der Waals surface area contributed by atoms with Gasteiger partial charge in [0.2, 0.25) is 11.8 Å². The van der Waals surface area contributed by atoms with Gasteiger partial charge in [-0.15, -0.1) is 0 Å². The molecule has 20 heavy (non-hydrogen) atoms. The zero-order valence-corrected chi connectivity index (χ0v) is 12.9. The molecule has 3 unspecified atom stereocenters. The molecule has 2 heterocycles. The average molecular weight is 282 g/mol. The first-order valence-electron chi connectivity index (χ1n) is 7.57. The second kappa shape index (κ2) is 5.72. The number of piperazine rings is 1. The van der Waals surface area contributed by atoms with Gasteiger partial charge in [0.05, 0.1) is 6.10 Å². The van der Waals surface area contributed by atoms with E-state index >= 15 is 0 Å². The van der Waals surface area contributed by atoms with Crippen LogP contribution in [0.1, 0.15) is 47.0 Å². The monoisotopic (exact) mass is 282 g/mol. The molecule has 2 aliphatic rings. The number of hydrogen-bond donors (Lipinski definition) is 1. The fraction of sp³-hybridized carbons (Fsp3) is 0.867. The molecule has 0 spiro atoms. The summed E-state index contributed by atoms with van der Waals surface area (Å²) in [7, 11) is 0. The van der Waals surface area contributed by atoms with Crippen LogP contribution in [0, 0.1) is 5.41 Å². The van der Waals surface area contributed by atoms with E-state index in [1.807, 2.05) is 27.7 Å². The van der Waals surface area contributed by atoms with E-state index in [0.29, 0.717) is 13.0 Å². The predicted molar refractivity (Wildman–Crippen MR) is 76.2 cm³/mol. The van der Waals surface area contributed by atoms with Crippen molar-refractivity contribution >= 4 is 11.8 Å². The summed E-state index contributed by atoms with van der Waals surface area (Å²) in [6, 6.07) is -0.801. The van der Waals surface area contributed by atoms with Gasteiger partial charge in [-0.25, -0.2) is 0 Å². The van der Waals surface area contributed by atoms with Crippen LogP contribution in [-0.2, 0) is 14.3 Å². The molecule has 0 aliphatic carbocycles. The standard InChI is InChI=1S/C15H26N2O3/c1-5-11-13(18)16-12(15(2,3)4)14(19)17(11)9-10-7-6-8-20-10/h10-12H,5-9H2,1-4H3,(H,16,18). The fourth-order valence-electron chi connectivity index (χ4n) is 2.98. The highest BCUT2D eigenvalue weighted by Crippen LogP contribution is 2.27. The predicted octanol–water partition coefficient (Wildman–Crippen LogP) is 1.32. The molecule has 0 aromatic heterocycles. The molecule has 0 radical (unpaired) electrons. The molecule has 0 bridgehead atoms. The Labute approximate surface area is 121 Å². The van der Waals surface area contributed by atoms with Crippen molar-refractivity contribution in [3.8, 4) is 0 Å². The van der Waals surface area contributed by atoms with Gasteiger partial charge in [-0.2, -0.15) is 0 Å². The number of nitrogens with one attached hydrogen (secondary N) is 1. The first-order chi connectivity index (χ1) is 9.34. The van der Waals surface area contributed by atoms with Crippen molar-refractivity contribution in [2.75, 3.05) is 13.2 Å². The summed E-state index contributed by atoms with van der Waals surface area (Å²) < 4.78 is 5.63. The Kier molecular flexibility index (Phi) is 4.37. The fourth-order valence-corrected chi connectivity index (χ4v) is 2.98. The van der Waals surface area contributed by atoms with Crippen molar-refractivity contribution < 1.29 is 14.3 Å². The molecule has 0 saturated carbocycles. The van der Waals surface area contributed by atoms with Gasteiger partial charge in [0.25, 0.3) is 0 Å². The van der Waals surface area contributed by atoms with E-state index in [1.165, 1.54) is 0 Å². The quantitative estimate of drug-likeness (QED) is 0.849. The van der Waals surface area contributed by atoms with E-state index < -0.39 is 6.04 Å². The average Bonchev–Trinajstić information content (AvgIpc) is 2.85. The van der Waals surface area contributed by atoms with Crippen molar-refractivity contribution in [3.63, 3.8) is 0 Å². The molecule has 0 aromatic rings. The largest absolute Gasteiger partial charge is 0.376 e. The molecule has 2 fully saturated rings. The Hall–Kier alpha value is -1.10. The third-order valence-corrected chi connectivity index (χ3v) is 4.17. The number of nitrogens with zero attached hydrogens (tertiary/aromatic N) is 1. The molecule has 114 valence electrons. The van der Waals surface area contributed by atoms with E-state index in [9.17, 15) is 9.59 Å². The van der Waals surface area contributed by atoms with Crippen LogP contribution in [0.2, 0.25) is 0 Å². The van der Waals surface area contributed by atoms with Crippen molar-refractivity contribution in [3.05, 3.63) is 0 Å². The molecular formula is C15H26N2O3.